The molecule has 0 aromatic heterocycles. The van der Waals surface area contributed by atoms with Gasteiger partial charge in [0.25, 0.3) is 0 Å². The number of hydrogen-bond donors (Lipinski definition) is 2. The van der Waals surface area contributed by atoms with Crippen LogP contribution in [0.3, 0.4) is 0 Å². The molecule has 0 saturated heterocycles. The third kappa shape index (κ3) is 4.36. The van der Waals surface area contributed by atoms with E-state index in [9.17, 15) is 9.59 Å². The minimum atomic E-state index is -0.981. The number of carboxylic acid groups (broad SMARTS) is 1. The van der Waals surface area contributed by atoms with Gasteiger partial charge in [-0.2, -0.15) is 0 Å². The summed E-state index contributed by atoms with van der Waals surface area (Å²) in [7, 11) is 0. The number of rotatable bonds is 4. The Hall–Kier alpha value is -1.07. The average Bonchev–Trinajstić information content (AvgIpc) is 2.14. The second-order valence-electron chi connectivity index (χ2n) is 3.52. The van der Waals surface area contributed by atoms with Crippen molar-refractivity contribution < 1.29 is 14.7 Å². The first-order chi connectivity index (χ1) is 7.90. The molecule has 1 amide bonds. The van der Waals surface area contributed by atoms with Crippen molar-refractivity contribution in [2.24, 2.45) is 0 Å². The zero-order valence-corrected chi connectivity index (χ0v) is 11.4. The lowest BCUT2D eigenvalue weighted by Gasteiger charge is -2.17. The SMILES string of the molecule is CC(=O)NC(CC(=O)O)c1ccc(Cl)cc1Br. The second-order valence-corrected chi connectivity index (χ2v) is 4.81. The molecule has 0 aliphatic rings. The van der Waals surface area contributed by atoms with E-state index < -0.39 is 12.0 Å². The summed E-state index contributed by atoms with van der Waals surface area (Å²) in [5, 5.41) is 11.9. The van der Waals surface area contributed by atoms with E-state index in [1.54, 1.807) is 18.2 Å². The number of hydrogen-bond acceptors (Lipinski definition) is 2. The highest BCUT2D eigenvalue weighted by atomic mass is 79.9. The Labute approximate surface area is 112 Å². The predicted molar refractivity (Wildman–Crippen MR) is 68.0 cm³/mol. The van der Waals surface area contributed by atoms with Crippen molar-refractivity contribution in [1.29, 1.82) is 0 Å². The van der Waals surface area contributed by atoms with Crippen LogP contribution < -0.4 is 5.32 Å². The van der Waals surface area contributed by atoms with E-state index in [4.69, 9.17) is 16.7 Å². The molecule has 92 valence electrons. The van der Waals surface area contributed by atoms with E-state index in [1.807, 2.05) is 0 Å². The normalized spacial score (nSPS) is 11.9. The summed E-state index contributed by atoms with van der Waals surface area (Å²) in [5.74, 6) is -1.26. The van der Waals surface area contributed by atoms with E-state index in [0.29, 0.717) is 15.1 Å². The lowest BCUT2D eigenvalue weighted by atomic mass is 10.0. The molecule has 4 nitrogen and oxygen atoms in total. The molecule has 6 heteroatoms. The van der Waals surface area contributed by atoms with E-state index in [2.05, 4.69) is 21.2 Å². The monoisotopic (exact) mass is 319 g/mol. The largest absolute Gasteiger partial charge is 0.481 e. The van der Waals surface area contributed by atoms with Gasteiger partial charge in [0.1, 0.15) is 0 Å². The molecule has 2 N–H and O–H groups in total. The van der Waals surface area contributed by atoms with E-state index >= 15 is 0 Å². The van der Waals surface area contributed by atoms with Crippen molar-refractivity contribution in [3.63, 3.8) is 0 Å². The minimum absolute atomic E-state index is 0.181. The maximum atomic E-state index is 11.0. The Bertz CT molecular complexity index is 434. The lowest BCUT2D eigenvalue weighted by molar-refractivity contribution is -0.137. The highest BCUT2D eigenvalue weighted by Crippen LogP contribution is 2.28. The van der Waals surface area contributed by atoms with Crippen LogP contribution in [-0.2, 0) is 9.59 Å². The number of nitrogens with one attached hydrogen (secondary N) is 1. The number of carbonyl (C=O) groups excluding carboxylic acids is 1. The third-order valence-corrected chi connectivity index (χ3v) is 3.02. The molecule has 0 radical (unpaired) electrons. The van der Waals surface area contributed by atoms with E-state index in [-0.39, 0.29) is 12.3 Å². The van der Waals surface area contributed by atoms with Crippen molar-refractivity contribution in [3.8, 4) is 0 Å². The van der Waals surface area contributed by atoms with Crippen LogP contribution in [0.25, 0.3) is 0 Å². The van der Waals surface area contributed by atoms with Crippen molar-refractivity contribution in [2.75, 3.05) is 0 Å². The van der Waals surface area contributed by atoms with Crippen molar-refractivity contribution >= 4 is 39.4 Å². The fraction of sp³-hybridized carbons (Fsp3) is 0.273. The molecular formula is C11H11BrClNO3. The Morgan fingerprint density at radius 3 is 2.65 bits per heavy atom. The summed E-state index contributed by atoms with van der Waals surface area (Å²) in [5.41, 5.74) is 0.687. The van der Waals surface area contributed by atoms with Crippen molar-refractivity contribution in [1.82, 2.24) is 5.32 Å². The van der Waals surface area contributed by atoms with Crippen LogP contribution in [0, 0.1) is 0 Å². The smallest absolute Gasteiger partial charge is 0.305 e. The van der Waals surface area contributed by atoms with Gasteiger partial charge in [-0.05, 0) is 17.7 Å². The summed E-state index contributed by atoms with van der Waals surface area (Å²) < 4.78 is 0.671. The number of halogens is 2. The van der Waals surface area contributed by atoms with Gasteiger partial charge < -0.3 is 10.4 Å². The van der Waals surface area contributed by atoms with E-state index in [0.717, 1.165) is 0 Å². The van der Waals surface area contributed by atoms with Crippen LogP contribution in [0.1, 0.15) is 24.9 Å². The first-order valence-corrected chi connectivity index (χ1v) is 6.01. The number of carbonyl (C=O) groups is 2. The fourth-order valence-corrected chi connectivity index (χ4v) is 2.40. The predicted octanol–water partition coefficient (Wildman–Crippen LogP) is 2.75. The molecular weight excluding hydrogens is 309 g/mol. The maximum Gasteiger partial charge on any atom is 0.305 e. The molecule has 1 rings (SSSR count). The summed E-state index contributed by atoms with van der Waals surface area (Å²) in [6.45, 7) is 1.35. The molecule has 17 heavy (non-hydrogen) atoms. The molecule has 1 atom stereocenters. The van der Waals surface area contributed by atoms with Crippen LogP contribution >= 0.6 is 27.5 Å². The Balaban J connectivity index is 3.02. The molecule has 0 saturated carbocycles. The quantitative estimate of drug-likeness (QED) is 0.896. The summed E-state index contributed by atoms with van der Waals surface area (Å²) in [6, 6.07) is 4.43. The van der Waals surface area contributed by atoms with Gasteiger partial charge in [0, 0.05) is 16.4 Å². The zero-order chi connectivity index (χ0) is 13.0. The number of carboxylic acids is 1. The van der Waals surface area contributed by atoms with Gasteiger partial charge in [-0.15, -0.1) is 0 Å². The van der Waals surface area contributed by atoms with Crippen LogP contribution in [0.5, 0.6) is 0 Å². The molecule has 0 aliphatic heterocycles. The van der Waals surface area contributed by atoms with Gasteiger partial charge in [0.2, 0.25) is 5.91 Å². The van der Waals surface area contributed by atoms with Crippen LogP contribution in [0.4, 0.5) is 0 Å². The molecule has 0 aliphatic carbocycles. The van der Waals surface area contributed by atoms with Gasteiger partial charge in [0.05, 0.1) is 12.5 Å². The first-order valence-electron chi connectivity index (χ1n) is 4.84. The average molecular weight is 321 g/mol. The number of amides is 1. The lowest BCUT2D eigenvalue weighted by Crippen LogP contribution is -2.28. The topological polar surface area (TPSA) is 66.4 Å². The van der Waals surface area contributed by atoms with E-state index in [1.165, 1.54) is 6.92 Å². The Kier molecular flexibility index (Phi) is 4.96. The molecule has 0 fully saturated rings. The second kappa shape index (κ2) is 6.02. The van der Waals surface area contributed by atoms with Gasteiger partial charge in [-0.1, -0.05) is 33.6 Å². The maximum absolute atomic E-state index is 11.0. The molecule has 0 bridgehead atoms. The first kappa shape index (κ1) is 14.0. The molecule has 1 aromatic carbocycles. The molecule has 0 spiro atoms. The van der Waals surface area contributed by atoms with Crippen LogP contribution in [-0.4, -0.2) is 17.0 Å². The zero-order valence-electron chi connectivity index (χ0n) is 9.04. The number of benzene rings is 1. The fourth-order valence-electron chi connectivity index (χ4n) is 1.44. The highest BCUT2D eigenvalue weighted by molar-refractivity contribution is 9.10. The molecule has 1 unspecified atom stereocenters. The summed E-state index contributed by atoms with van der Waals surface area (Å²) >= 11 is 9.10. The van der Waals surface area contributed by atoms with Crippen LogP contribution in [0.2, 0.25) is 5.02 Å². The Morgan fingerprint density at radius 2 is 2.18 bits per heavy atom. The van der Waals surface area contributed by atoms with Gasteiger partial charge in [0.15, 0.2) is 0 Å². The summed E-state index contributed by atoms with van der Waals surface area (Å²) in [6.07, 6.45) is -0.181. The number of aliphatic carboxylic acids is 1. The van der Waals surface area contributed by atoms with Crippen molar-refractivity contribution in [2.45, 2.75) is 19.4 Å². The van der Waals surface area contributed by atoms with Gasteiger partial charge >= 0.3 is 5.97 Å². The Morgan fingerprint density at radius 1 is 1.53 bits per heavy atom. The van der Waals surface area contributed by atoms with Gasteiger partial charge in [-0.3, -0.25) is 9.59 Å². The third-order valence-electron chi connectivity index (χ3n) is 2.09. The molecule has 0 heterocycles. The summed E-state index contributed by atoms with van der Waals surface area (Å²) in [4.78, 5) is 21.8. The standard InChI is InChI=1S/C11H11BrClNO3/c1-6(15)14-10(5-11(16)17)8-3-2-7(13)4-9(8)12/h2-4,10H,5H2,1H3,(H,14,15)(H,16,17). The minimum Gasteiger partial charge on any atom is -0.481 e. The van der Waals surface area contributed by atoms with Crippen LogP contribution in [0.15, 0.2) is 22.7 Å². The van der Waals surface area contributed by atoms with Gasteiger partial charge in [-0.25, -0.2) is 0 Å². The highest BCUT2D eigenvalue weighted by Gasteiger charge is 2.18. The molecule has 1 aromatic rings. The van der Waals surface area contributed by atoms with Crippen molar-refractivity contribution in [3.05, 3.63) is 33.3 Å².